The summed E-state index contributed by atoms with van der Waals surface area (Å²) in [4.78, 5) is 36.3. The lowest BCUT2D eigenvalue weighted by molar-refractivity contribution is -0.123. The summed E-state index contributed by atoms with van der Waals surface area (Å²) in [5, 5.41) is 2.46. The standard InChI is InChI=1S/C20H25N3O6/c1-4-5-10-28-15-9-8-14(12-17(15)27-3)19(25)23-22-18(24)13(2)21-20(26)16-7-6-11-29-16/h6-9,11-13H,4-5,10H2,1-3H3,(H,21,26)(H,22,24)(H,23,25)/t13-/m0/s1. The number of hydrazine groups is 1. The van der Waals surface area contributed by atoms with Gasteiger partial charge in [-0.1, -0.05) is 13.3 Å². The SMILES string of the molecule is CCCCOc1ccc(C(=O)NNC(=O)[C@H](C)NC(=O)c2ccco2)cc1OC. The largest absolute Gasteiger partial charge is 0.493 e. The second kappa shape index (κ2) is 10.7. The van der Waals surface area contributed by atoms with E-state index in [0.717, 1.165) is 12.8 Å². The molecule has 1 atom stereocenters. The molecule has 9 heteroatoms. The molecule has 1 aromatic heterocycles. The smallest absolute Gasteiger partial charge is 0.287 e. The van der Waals surface area contributed by atoms with Crippen LogP contribution in [-0.4, -0.2) is 37.5 Å². The highest BCUT2D eigenvalue weighted by Crippen LogP contribution is 2.28. The molecule has 0 unspecified atom stereocenters. The summed E-state index contributed by atoms with van der Waals surface area (Å²) in [5.41, 5.74) is 4.85. The molecule has 0 aliphatic heterocycles. The zero-order valence-electron chi connectivity index (χ0n) is 16.6. The minimum absolute atomic E-state index is 0.0852. The number of methoxy groups -OCH3 is 1. The van der Waals surface area contributed by atoms with Crippen molar-refractivity contribution >= 4 is 17.7 Å². The van der Waals surface area contributed by atoms with Crippen LogP contribution in [0.5, 0.6) is 11.5 Å². The lowest BCUT2D eigenvalue weighted by Gasteiger charge is -2.15. The molecule has 1 heterocycles. The van der Waals surface area contributed by atoms with Gasteiger partial charge in [-0.3, -0.25) is 25.2 Å². The van der Waals surface area contributed by atoms with Crippen molar-refractivity contribution in [3.63, 3.8) is 0 Å². The van der Waals surface area contributed by atoms with Crippen molar-refractivity contribution in [3.05, 3.63) is 47.9 Å². The van der Waals surface area contributed by atoms with Crippen LogP contribution in [0.1, 0.15) is 47.6 Å². The Balaban J connectivity index is 1.89. The van der Waals surface area contributed by atoms with E-state index < -0.39 is 23.8 Å². The fraction of sp³-hybridized carbons (Fsp3) is 0.350. The summed E-state index contributed by atoms with van der Waals surface area (Å²) in [6, 6.07) is 6.87. The summed E-state index contributed by atoms with van der Waals surface area (Å²) in [6.45, 7) is 4.09. The monoisotopic (exact) mass is 403 g/mol. The molecule has 0 aliphatic carbocycles. The first-order chi connectivity index (χ1) is 14.0. The van der Waals surface area contributed by atoms with Crippen LogP contribution in [0.3, 0.4) is 0 Å². The summed E-state index contributed by atoms with van der Waals surface area (Å²) in [7, 11) is 1.48. The maximum atomic E-state index is 12.3. The molecule has 3 amide bonds. The van der Waals surface area contributed by atoms with Gasteiger partial charge < -0.3 is 19.2 Å². The topological polar surface area (TPSA) is 119 Å². The fourth-order valence-electron chi connectivity index (χ4n) is 2.29. The van der Waals surface area contributed by atoms with Gasteiger partial charge in [0, 0.05) is 5.56 Å². The number of carbonyl (C=O) groups excluding carboxylic acids is 3. The molecule has 0 saturated carbocycles. The van der Waals surface area contributed by atoms with Gasteiger partial charge in [-0.25, -0.2) is 0 Å². The van der Waals surface area contributed by atoms with Gasteiger partial charge in [-0.05, 0) is 43.7 Å². The number of ether oxygens (including phenoxy) is 2. The third kappa shape index (κ3) is 6.27. The zero-order chi connectivity index (χ0) is 21.2. The quantitative estimate of drug-likeness (QED) is 0.436. The van der Waals surface area contributed by atoms with Gasteiger partial charge in [0.2, 0.25) is 0 Å². The van der Waals surface area contributed by atoms with Gasteiger partial charge in [-0.2, -0.15) is 0 Å². The molecule has 2 rings (SSSR count). The van der Waals surface area contributed by atoms with E-state index in [1.165, 1.54) is 32.4 Å². The van der Waals surface area contributed by atoms with Gasteiger partial charge in [0.15, 0.2) is 17.3 Å². The number of carbonyl (C=O) groups is 3. The van der Waals surface area contributed by atoms with Crippen molar-refractivity contribution in [3.8, 4) is 11.5 Å². The van der Waals surface area contributed by atoms with Crippen LogP contribution in [0.15, 0.2) is 41.0 Å². The number of hydrogen-bond donors (Lipinski definition) is 3. The van der Waals surface area contributed by atoms with Crippen molar-refractivity contribution in [2.45, 2.75) is 32.7 Å². The molecule has 0 radical (unpaired) electrons. The number of nitrogens with one attached hydrogen (secondary N) is 3. The Bertz CT molecular complexity index is 835. The summed E-state index contributed by atoms with van der Waals surface area (Å²) < 4.78 is 15.8. The average Bonchev–Trinajstić information content (AvgIpc) is 3.27. The number of rotatable bonds is 9. The van der Waals surface area contributed by atoms with E-state index in [0.29, 0.717) is 18.1 Å². The summed E-state index contributed by atoms with van der Waals surface area (Å²) >= 11 is 0. The van der Waals surface area contributed by atoms with Gasteiger partial charge in [0.25, 0.3) is 17.7 Å². The molecule has 0 spiro atoms. The molecule has 0 fully saturated rings. The van der Waals surface area contributed by atoms with Crippen LogP contribution in [0.25, 0.3) is 0 Å². The van der Waals surface area contributed by atoms with Gasteiger partial charge in [0.1, 0.15) is 6.04 Å². The number of hydrogen-bond acceptors (Lipinski definition) is 6. The molecular formula is C20H25N3O6. The molecule has 0 bridgehead atoms. The Kier molecular flexibility index (Phi) is 8.08. The van der Waals surface area contributed by atoms with Crippen LogP contribution in [-0.2, 0) is 4.79 Å². The second-order valence-electron chi connectivity index (χ2n) is 6.18. The first-order valence-corrected chi connectivity index (χ1v) is 9.21. The highest BCUT2D eigenvalue weighted by molar-refractivity contribution is 5.98. The van der Waals surface area contributed by atoms with Crippen molar-refractivity contribution in [2.24, 2.45) is 0 Å². The van der Waals surface area contributed by atoms with Gasteiger partial charge >= 0.3 is 0 Å². The van der Waals surface area contributed by atoms with Gasteiger partial charge in [-0.15, -0.1) is 0 Å². The average molecular weight is 403 g/mol. The first kappa shape index (κ1) is 21.8. The number of amides is 3. The highest BCUT2D eigenvalue weighted by atomic mass is 16.5. The Morgan fingerprint density at radius 3 is 2.55 bits per heavy atom. The summed E-state index contributed by atoms with van der Waals surface area (Å²) in [5.74, 6) is -0.629. The van der Waals surface area contributed by atoms with Crippen molar-refractivity contribution in [1.29, 1.82) is 0 Å². The maximum Gasteiger partial charge on any atom is 0.287 e. The fourth-order valence-corrected chi connectivity index (χ4v) is 2.29. The molecule has 1 aromatic carbocycles. The molecule has 0 saturated heterocycles. The van der Waals surface area contributed by atoms with Crippen LogP contribution in [0.4, 0.5) is 0 Å². The third-order valence-corrected chi connectivity index (χ3v) is 3.97. The Morgan fingerprint density at radius 2 is 1.90 bits per heavy atom. The number of benzene rings is 1. The second-order valence-corrected chi connectivity index (χ2v) is 6.18. The highest BCUT2D eigenvalue weighted by Gasteiger charge is 2.19. The molecule has 29 heavy (non-hydrogen) atoms. The maximum absolute atomic E-state index is 12.3. The Morgan fingerprint density at radius 1 is 1.10 bits per heavy atom. The zero-order valence-corrected chi connectivity index (χ0v) is 16.6. The lowest BCUT2D eigenvalue weighted by Crippen LogP contribution is -2.51. The molecule has 3 N–H and O–H groups in total. The Hall–Kier alpha value is -3.49. The number of unbranched alkanes of at least 4 members (excludes halogenated alkanes) is 1. The third-order valence-electron chi connectivity index (χ3n) is 3.97. The molecule has 0 aliphatic rings. The van der Waals surface area contributed by atoms with E-state index >= 15 is 0 Å². The van der Waals surface area contributed by atoms with E-state index in [1.54, 1.807) is 18.2 Å². The van der Waals surface area contributed by atoms with Crippen LogP contribution in [0, 0.1) is 0 Å². The first-order valence-electron chi connectivity index (χ1n) is 9.21. The van der Waals surface area contributed by atoms with E-state index in [2.05, 4.69) is 23.1 Å². The lowest BCUT2D eigenvalue weighted by atomic mass is 10.2. The van der Waals surface area contributed by atoms with Crippen molar-refractivity contribution in [2.75, 3.05) is 13.7 Å². The van der Waals surface area contributed by atoms with Crippen LogP contribution in [0.2, 0.25) is 0 Å². The van der Waals surface area contributed by atoms with E-state index in [-0.39, 0.29) is 11.3 Å². The molecule has 156 valence electrons. The minimum Gasteiger partial charge on any atom is -0.493 e. The summed E-state index contributed by atoms with van der Waals surface area (Å²) in [6.07, 6.45) is 3.27. The minimum atomic E-state index is -0.892. The normalized spacial score (nSPS) is 11.3. The van der Waals surface area contributed by atoms with Crippen LogP contribution < -0.4 is 25.6 Å². The van der Waals surface area contributed by atoms with E-state index in [4.69, 9.17) is 13.9 Å². The molecular weight excluding hydrogens is 378 g/mol. The van der Waals surface area contributed by atoms with E-state index in [9.17, 15) is 14.4 Å². The van der Waals surface area contributed by atoms with Crippen LogP contribution >= 0.6 is 0 Å². The van der Waals surface area contributed by atoms with Crippen molar-refractivity contribution < 1.29 is 28.3 Å². The van der Waals surface area contributed by atoms with Gasteiger partial charge in [0.05, 0.1) is 20.0 Å². The van der Waals surface area contributed by atoms with E-state index in [1.807, 2.05) is 0 Å². The predicted octanol–water partition coefficient (Wildman–Crippen LogP) is 2.05. The predicted molar refractivity (Wildman–Crippen MR) is 105 cm³/mol. The molecule has 9 nitrogen and oxygen atoms in total. The number of furan rings is 1. The molecule has 2 aromatic rings. The Labute approximate surface area is 168 Å². The van der Waals surface area contributed by atoms with Crippen molar-refractivity contribution in [1.82, 2.24) is 16.2 Å².